The van der Waals surface area contributed by atoms with Crippen molar-refractivity contribution in [3.05, 3.63) is 83.4 Å². The molecule has 0 aliphatic rings. The molecule has 4 aromatic rings. The van der Waals surface area contributed by atoms with Crippen LogP contribution in [-0.4, -0.2) is 16.7 Å². The second kappa shape index (κ2) is 8.03. The SMILES string of the molecule is COc1ccc(-c2nccc3c(C)c(C)n(Cc4ccccc4F)c23)cc1.Cl. The number of aryl methyl sites for hydroxylation is 1. The average molecular weight is 397 g/mol. The summed E-state index contributed by atoms with van der Waals surface area (Å²) in [6, 6.07) is 16.8. The van der Waals surface area contributed by atoms with Gasteiger partial charge in [0.25, 0.3) is 0 Å². The van der Waals surface area contributed by atoms with Crippen LogP contribution in [0, 0.1) is 19.7 Å². The summed E-state index contributed by atoms with van der Waals surface area (Å²) in [6.07, 6.45) is 1.84. The lowest BCUT2D eigenvalue weighted by Gasteiger charge is -2.12. The van der Waals surface area contributed by atoms with Gasteiger partial charge in [0.15, 0.2) is 0 Å². The Hall–Kier alpha value is -2.85. The molecular formula is C23H22ClFN2O. The zero-order chi connectivity index (χ0) is 19.0. The number of aromatic nitrogens is 2. The molecule has 2 aromatic heterocycles. The summed E-state index contributed by atoms with van der Waals surface area (Å²) in [6.45, 7) is 4.65. The number of hydrogen-bond acceptors (Lipinski definition) is 2. The number of rotatable bonds is 4. The fourth-order valence-electron chi connectivity index (χ4n) is 3.55. The summed E-state index contributed by atoms with van der Waals surface area (Å²) in [5, 5.41) is 1.14. The second-order valence-electron chi connectivity index (χ2n) is 6.67. The number of ether oxygens (including phenoxy) is 1. The summed E-state index contributed by atoms with van der Waals surface area (Å²) in [4.78, 5) is 4.66. The molecule has 0 saturated heterocycles. The van der Waals surface area contributed by atoms with Crippen molar-refractivity contribution in [2.45, 2.75) is 20.4 Å². The monoisotopic (exact) mass is 396 g/mol. The van der Waals surface area contributed by atoms with Crippen LogP contribution in [0.4, 0.5) is 4.39 Å². The van der Waals surface area contributed by atoms with Gasteiger partial charge in [-0.05, 0) is 55.8 Å². The van der Waals surface area contributed by atoms with Crippen LogP contribution in [0.3, 0.4) is 0 Å². The summed E-state index contributed by atoms with van der Waals surface area (Å²) >= 11 is 0. The van der Waals surface area contributed by atoms with Crippen molar-refractivity contribution in [1.29, 1.82) is 0 Å². The largest absolute Gasteiger partial charge is 0.497 e. The maximum atomic E-state index is 14.3. The van der Waals surface area contributed by atoms with Crippen molar-refractivity contribution in [2.24, 2.45) is 0 Å². The van der Waals surface area contributed by atoms with Gasteiger partial charge in [-0.1, -0.05) is 18.2 Å². The van der Waals surface area contributed by atoms with E-state index in [9.17, 15) is 4.39 Å². The van der Waals surface area contributed by atoms with Crippen molar-refractivity contribution >= 4 is 23.3 Å². The van der Waals surface area contributed by atoms with Gasteiger partial charge in [0.1, 0.15) is 11.6 Å². The summed E-state index contributed by atoms with van der Waals surface area (Å²) < 4.78 is 21.7. The van der Waals surface area contributed by atoms with Gasteiger partial charge in [-0.3, -0.25) is 4.98 Å². The van der Waals surface area contributed by atoms with E-state index in [2.05, 4.69) is 23.4 Å². The van der Waals surface area contributed by atoms with E-state index in [0.29, 0.717) is 12.1 Å². The number of hydrogen-bond donors (Lipinski definition) is 0. The molecule has 0 fully saturated rings. The second-order valence-corrected chi connectivity index (χ2v) is 6.67. The molecule has 0 atom stereocenters. The van der Waals surface area contributed by atoms with Crippen molar-refractivity contribution in [3.8, 4) is 17.0 Å². The van der Waals surface area contributed by atoms with Crippen molar-refractivity contribution in [2.75, 3.05) is 7.11 Å². The molecule has 0 unspecified atom stereocenters. The topological polar surface area (TPSA) is 27.1 Å². The third kappa shape index (κ3) is 3.36. The number of fused-ring (bicyclic) bond motifs is 1. The first-order chi connectivity index (χ1) is 13.1. The summed E-state index contributed by atoms with van der Waals surface area (Å²) in [5.41, 5.74) is 5.91. The first-order valence-electron chi connectivity index (χ1n) is 8.92. The van der Waals surface area contributed by atoms with Crippen LogP contribution < -0.4 is 4.74 Å². The van der Waals surface area contributed by atoms with E-state index in [0.717, 1.165) is 33.6 Å². The van der Waals surface area contributed by atoms with Crippen LogP contribution in [0.5, 0.6) is 5.75 Å². The van der Waals surface area contributed by atoms with Gasteiger partial charge in [-0.2, -0.15) is 0 Å². The van der Waals surface area contributed by atoms with Gasteiger partial charge in [0.05, 0.1) is 24.9 Å². The number of pyridine rings is 1. The van der Waals surface area contributed by atoms with E-state index in [1.165, 1.54) is 11.6 Å². The van der Waals surface area contributed by atoms with Gasteiger partial charge in [0, 0.05) is 28.4 Å². The van der Waals surface area contributed by atoms with Crippen LogP contribution in [0.2, 0.25) is 0 Å². The lowest BCUT2D eigenvalue weighted by Crippen LogP contribution is -2.05. The lowest BCUT2D eigenvalue weighted by molar-refractivity contribution is 0.415. The Morgan fingerprint density at radius 3 is 2.39 bits per heavy atom. The van der Waals surface area contributed by atoms with E-state index in [1.807, 2.05) is 48.7 Å². The van der Waals surface area contributed by atoms with Gasteiger partial charge in [-0.15, -0.1) is 12.4 Å². The molecule has 28 heavy (non-hydrogen) atoms. The third-order valence-corrected chi connectivity index (χ3v) is 5.20. The maximum Gasteiger partial charge on any atom is 0.128 e. The standard InChI is InChI=1S/C23H21FN2O.ClH/c1-15-16(2)26(14-18-6-4-5-7-21(18)24)23-20(15)12-13-25-22(23)17-8-10-19(27-3)11-9-17;/h4-13H,14H2,1-3H3;1H. The minimum absolute atomic E-state index is 0. The van der Waals surface area contributed by atoms with E-state index >= 15 is 0 Å². The van der Waals surface area contributed by atoms with Gasteiger partial charge in [0.2, 0.25) is 0 Å². The fourth-order valence-corrected chi connectivity index (χ4v) is 3.55. The molecule has 3 nitrogen and oxygen atoms in total. The van der Waals surface area contributed by atoms with Gasteiger partial charge < -0.3 is 9.30 Å². The molecule has 0 spiro atoms. The first-order valence-corrected chi connectivity index (χ1v) is 8.92. The van der Waals surface area contributed by atoms with Crippen molar-refractivity contribution in [3.63, 3.8) is 0 Å². The average Bonchev–Trinajstić information content (AvgIpc) is 2.95. The van der Waals surface area contributed by atoms with E-state index in [-0.39, 0.29) is 18.2 Å². The lowest BCUT2D eigenvalue weighted by atomic mass is 10.1. The van der Waals surface area contributed by atoms with Gasteiger partial charge >= 0.3 is 0 Å². The molecule has 0 aliphatic heterocycles. The Morgan fingerprint density at radius 2 is 1.71 bits per heavy atom. The number of halogens is 2. The van der Waals surface area contributed by atoms with Crippen molar-refractivity contribution in [1.82, 2.24) is 9.55 Å². The smallest absolute Gasteiger partial charge is 0.128 e. The van der Waals surface area contributed by atoms with E-state index < -0.39 is 0 Å². The highest BCUT2D eigenvalue weighted by molar-refractivity contribution is 5.95. The normalized spacial score (nSPS) is 10.7. The molecule has 144 valence electrons. The zero-order valence-corrected chi connectivity index (χ0v) is 16.9. The fraction of sp³-hybridized carbons (Fsp3) is 0.174. The number of methoxy groups -OCH3 is 1. The number of nitrogens with zero attached hydrogens (tertiary/aromatic N) is 2. The summed E-state index contributed by atoms with van der Waals surface area (Å²) in [5.74, 6) is 0.617. The third-order valence-electron chi connectivity index (χ3n) is 5.20. The molecule has 0 N–H and O–H groups in total. The molecule has 0 saturated carbocycles. The molecule has 2 heterocycles. The zero-order valence-electron chi connectivity index (χ0n) is 16.1. The Morgan fingerprint density at radius 1 is 1.00 bits per heavy atom. The maximum absolute atomic E-state index is 14.3. The molecule has 0 bridgehead atoms. The van der Waals surface area contributed by atoms with Crippen LogP contribution in [0.1, 0.15) is 16.8 Å². The minimum atomic E-state index is -0.189. The molecule has 5 heteroatoms. The first kappa shape index (κ1) is 19.9. The quantitative estimate of drug-likeness (QED) is 0.427. The molecule has 2 aromatic carbocycles. The highest BCUT2D eigenvalue weighted by Crippen LogP contribution is 2.33. The highest BCUT2D eigenvalue weighted by atomic mass is 35.5. The highest BCUT2D eigenvalue weighted by Gasteiger charge is 2.17. The molecule has 0 radical (unpaired) electrons. The van der Waals surface area contributed by atoms with E-state index in [1.54, 1.807) is 13.2 Å². The van der Waals surface area contributed by atoms with Gasteiger partial charge in [-0.25, -0.2) is 4.39 Å². The van der Waals surface area contributed by atoms with Crippen molar-refractivity contribution < 1.29 is 9.13 Å². The van der Waals surface area contributed by atoms with Crippen LogP contribution >= 0.6 is 12.4 Å². The Labute approximate surface area is 170 Å². The molecule has 0 amide bonds. The van der Waals surface area contributed by atoms with Crippen LogP contribution in [0.25, 0.3) is 22.2 Å². The molecule has 0 aliphatic carbocycles. The predicted molar refractivity (Wildman–Crippen MR) is 114 cm³/mol. The van der Waals surface area contributed by atoms with E-state index in [4.69, 9.17) is 4.74 Å². The Balaban J connectivity index is 0.00000225. The number of benzene rings is 2. The molecular weight excluding hydrogens is 375 g/mol. The van der Waals surface area contributed by atoms with Crippen LogP contribution in [0.15, 0.2) is 60.8 Å². The Bertz CT molecular complexity index is 1120. The summed E-state index contributed by atoms with van der Waals surface area (Å²) in [7, 11) is 1.65. The minimum Gasteiger partial charge on any atom is -0.497 e. The Kier molecular flexibility index (Phi) is 5.71. The van der Waals surface area contributed by atoms with Crippen LogP contribution in [-0.2, 0) is 6.54 Å². The molecule has 4 rings (SSSR count). The predicted octanol–water partition coefficient (Wildman–Crippen LogP) is 5.94.